The first kappa shape index (κ1) is 13.8. The Morgan fingerprint density at radius 2 is 1.44 bits per heavy atom. The van der Waals surface area contributed by atoms with Crippen LogP contribution in [0.15, 0.2) is 11.1 Å². The Morgan fingerprint density at radius 1 is 0.875 bits per heavy atom. The summed E-state index contributed by atoms with van der Waals surface area (Å²) in [4.78, 5) is 0. The minimum Gasteiger partial charge on any atom is -0.0668 e. The van der Waals surface area contributed by atoms with E-state index in [4.69, 9.17) is 0 Å². The lowest BCUT2D eigenvalue weighted by molar-refractivity contribution is 0.0812. The minimum atomic E-state index is 0.475. The lowest BCUT2D eigenvalue weighted by Crippen LogP contribution is -2.48. The number of hydrogen-bond acceptors (Lipinski definition) is 0. The summed E-state index contributed by atoms with van der Waals surface area (Å²) in [7, 11) is 0. The van der Waals surface area contributed by atoms with Crippen molar-refractivity contribution < 1.29 is 0 Å². The molecule has 16 heavy (non-hydrogen) atoms. The van der Waals surface area contributed by atoms with Crippen LogP contribution in [-0.4, -0.2) is 0 Å². The first-order chi connectivity index (χ1) is 7.47. The van der Waals surface area contributed by atoms with E-state index < -0.39 is 0 Å². The summed E-state index contributed by atoms with van der Waals surface area (Å²) in [6.45, 7) is 14.3. The highest BCUT2D eigenvalue weighted by Gasteiger charge is 2.54. The zero-order chi connectivity index (χ0) is 12.4. The van der Waals surface area contributed by atoms with Gasteiger partial charge in [0.1, 0.15) is 0 Å². The molecule has 0 radical (unpaired) electrons. The second kappa shape index (κ2) is 4.94. The molecule has 0 aromatic carbocycles. The van der Waals surface area contributed by atoms with Gasteiger partial charge in [-0.05, 0) is 43.4 Å². The topological polar surface area (TPSA) is 0 Å². The molecule has 0 nitrogen and oxygen atoms in total. The summed E-state index contributed by atoms with van der Waals surface area (Å²) < 4.78 is 0. The molecule has 94 valence electrons. The molecule has 0 saturated carbocycles. The van der Waals surface area contributed by atoms with Crippen molar-refractivity contribution in [3.05, 3.63) is 11.1 Å². The maximum absolute atomic E-state index is 2.49. The molecule has 0 fully saturated rings. The van der Waals surface area contributed by atoms with Crippen molar-refractivity contribution in [2.75, 3.05) is 0 Å². The van der Waals surface area contributed by atoms with Crippen LogP contribution in [0.3, 0.4) is 0 Å². The summed E-state index contributed by atoms with van der Waals surface area (Å²) in [5.41, 5.74) is 4.45. The molecule has 1 aliphatic carbocycles. The first-order valence-corrected chi connectivity index (χ1v) is 7.18. The van der Waals surface area contributed by atoms with E-state index in [1.807, 2.05) is 0 Å². The molecule has 0 bridgehead atoms. The average Bonchev–Trinajstić information content (AvgIpc) is 2.32. The number of allylic oxidation sites excluding steroid dienone is 2. The summed E-state index contributed by atoms with van der Waals surface area (Å²) in [6.07, 6.45) is 8.05. The van der Waals surface area contributed by atoms with Crippen LogP contribution in [0, 0.1) is 10.8 Å². The van der Waals surface area contributed by atoms with Crippen LogP contribution in [0.5, 0.6) is 0 Å². The maximum atomic E-state index is 2.49. The average molecular weight is 222 g/mol. The molecular weight excluding hydrogens is 192 g/mol. The summed E-state index contributed by atoms with van der Waals surface area (Å²) in [6, 6.07) is 0. The minimum absolute atomic E-state index is 0.475. The van der Waals surface area contributed by atoms with E-state index in [-0.39, 0.29) is 0 Å². The summed E-state index contributed by atoms with van der Waals surface area (Å²) in [5.74, 6) is 0. The number of unbranched alkanes of at least 4 members (excludes halogenated alkanes) is 2. The molecule has 2 atom stereocenters. The molecule has 0 spiro atoms. The second-order valence-corrected chi connectivity index (χ2v) is 5.93. The highest BCUT2D eigenvalue weighted by molar-refractivity contribution is 5.41. The fourth-order valence-electron chi connectivity index (χ4n) is 3.71. The monoisotopic (exact) mass is 222 g/mol. The van der Waals surface area contributed by atoms with Crippen LogP contribution in [0.2, 0.25) is 0 Å². The van der Waals surface area contributed by atoms with Gasteiger partial charge in [0.2, 0.25) is 0 Å². The van der Waals surface area contributed by atoms with Crippen LogP contribution in [0.1, 0.15) is 80.1 Å². The van der Waals surface area contributed by atoms with Crippen molar-refractivity contribution in [1.29, 1.82) is 0 Å². The Bertz CT molecular complexity index is 274. The lowest BCUT2D eigenvalue weighted by atomic mass is 9.45. The van der Waals surface area contributed by atoms with Crippen molar-refractivity contribution in [2.45, 2.75) is 80.1 Å². The fourth-order valence-corrected chi connectivity index (χ4v) is 3.71. The summed E-state index contributed by atoms with van der Waals surface area (Å²) in [5, 5.41) is 0. The Balaban J connectivity index is 2.83. The molecule has 1 aliphatic rings. The third-order valence-electron chi connectivity index (χ3n) is 5.61. The van der Waals surface area contributed by atoms with E-state index in [1.54, 1.807) is 11.1 Å². The molecule has 1 rings (SSSR count). The van der Waals surface area contributed by atoms with Gasteiger partial charge in [-0.2, -0.15) is 0 Å². The Hall–Kier alpha value is -0.260. The highest BCUT2D eigenvalue weighted by Crippen LogP contribution is 2.64. The smallest absolute Gasteiger partial charge is 0.00254 e. The number of hydrogen-bond donors (Lipinski definition) is 0. The van der Waals surface area contributed by atoms with E-state index in [9.17, 15) is 0 Å². The number of rotatable bonds is 6. The van der Waals surface area contributed by atoms with Crippen molar-refractivity contribution in [1.82, 2.24) is 0 Å². The summed E-state index contributed by atoms with van der Waals surface area (Å²) >= 11 is 0. The Labute approximate surface area is 103 Å². The van der Waals surface area contributed by atoms with Crippen LogP contribution >= 0.6 is 0 Å². The van der Waals surface area contributed by atoms with Gasteiger partial charge in [0.15, 0.2) is 0 Å². The normalized spacial score (nSPS) is 34.1. The van der Waals surface area contributed by atoms with E-state index in [2.05, 4.69) is 41.5 Å². The molecule has 0 aromatic heterocycles. The van der Waals surface area contributed by atoms with Gasteiger partial charge in [-0.15, -0.1) is 0 Å². The molecule has 0 amide bonds. The second-order valence-electron chi connectivity index (χ2n) is 5.93. The van der Waals surface area contributed by atoms with E-state index in [1.165, 1.54) is 38.5 Å². The third kappa shape index (κ3) is 1.75. The Morgan fingerprint density at radius 3 is 1.88 bits per heavy atom. The van der Waals surface area contributed by atoms with Gasteiger partial charge in [0.25, 0.3) is 0 Å². The predicted octanol–water partition coefficient (Wildman–Crippen LogP) is 5.73. The van der Waals surface area contributed by atoms with E-state index in [0.29, 0.717) is 10.8 Å². The van der Waals surface area contributed by atoms with Gasteiger partial charge in [-0.25, -0.2) is 0 Å². The van der Waals surface area contributed by atoms with Crippen LogP contribution in [0.25, 0.3) is 0 Å². The standard InChI is InChI=1S/C16H30/c1-7-10-11-12-14-13(4)15(5,8-2)16(14,6)9-3/h7-12H2,1-6H3. The van der Waals surface area contributed by atoms with Gasteiger partial charge in [-0.3, -0.25) is 0 Å². The molecule has 2 unspecified atom stereocenters. The van der Waals surface area contributed by atoms with Gasteiger partial charge >= 0.3 is 0 Å². The molecule has 0 heteroatoms. The molecule has 0 saturated heterocycles. The molecule has 0 N–H and O–H groups in total. The zero-order valence-corrected chi connectivity index (χ0v) is 12.2. The largest absolute Gasteiger partial charge is 0.0668 e. The first-order valence-electron chi connectivity index (χ1n) is 7.18. The molecule has 0 aliphatic heterocycles. The van der Waals surface area contributed by atoms with Crippen LogP contribution < -0.4 is 0 Å². The van der Waals surface area contributed by atoms with Gasteiger partial charge in [0.05, 0.1) is 0 Å². The van der Waals surface area contributed by atoms with Crippen molar-refractivity contribution in [2.24, 2.45) is 10.8 Å². The molecule has 0 heterocycles. The van der Waals surface area contributed by atoms with E-state index >= 15 is 0 Å². The van der Waals surface area contributed by atoms with E-state index in [0.717, 1.165) is 0 Å². The van der Waals surface area contributed by atoms with Crippen LogP contribution in [-0.2, 0) is 0 Å². The molecule has 0 aromatic rings. The predicted molar refractivity (Wildman–Crippen MR) is 73.6 cm³/mol. The third-order valence-corrected chi connectivity index (χ3v) is 5.61. The highest BCUT2D eigenvalue weighted by atomic mass is 14.6. The van der Waals surface area contributed by atoms with Gasteiger partial charge in [-0.1, -0.05) is 58.6 Å². The van der Waals surface area contributed by atoms with Gasteiger partial charge in [0, 0.05) is 0 Å². The fraction of sp³-hybridized carbons (Fsp3) is 0.875. The lowest BCUT2D eigenvalue weighted by Gasteiger charge is -2.59. The van der Waals surface area contributed by atoms with Crippen molar-refractivity contribution in [3.8, 4) is 0 Å². The maximum Gasteiger partial charge on any atom is -0.00254 e. The zero-order valence-electron chi connectivity index (χ0n) is 12.2. The molecular formula is C16H30. The van der Waals surface area contributed by atoms with Crippen molar-refractivity contribution >= 4 is 0 Å². The van der Waals surface area contributed by atoms with Crippen molar-refractivity contribution in [3.63, 3.8) is 0 Å². The Kier molecular flexibility index (Phi) is 4.26. The van der Waals surface area contributed by atoms with Gasteiger partial charge < -0.3 is 0 Å². The quantitative estimate of drug-likeness (QED) is 0.398. The van der Waals surface area contributed by atoms with Crippen LogP contribution in [0.4, 0.5) is 0 Å². The SMILES string of the molecule is CCCCCC1=C(C)C(C)(CC)C1(C)CC.